The maximum Gasteiger partial charge on any atom is 0.313 e. The van der Waals surface area contributed by atoms with Gasteiger partial charge in [0.25, 0.3) is 5.91 Å². The lowest BCUT2D eigenvalue weighted by Gasteiger charge is -2.14. The van der Waals surface area contributed by atoms with Crippen LogP contribution in [0.3, 0.4) is 0 Å². The van der Waals surface area contributed by atoms with Crippen molar-refractivity contribution in [2.24, 2.45) is 0 Å². The molecule has 0 bridgehead atoms. The number of ether oxygens (including phenoxy) is 2. The van der Waals surface area contributed by atoms with Crippen molar-refractivity contribution in [1.29, 1.82) is 0 Å². The summed E-state index contributed by atoms with van der Waals surface area (Å²) in [7, 11) is 3.23. The van der Waals surface area contributed by atoms with E-state index in [0.717, 1.165) is 0 Å². The Morgan fingerprint density at radius 2 is 1.89 bits per heavy atom. The van der Waals surface area contributed by atoms with Gasteiger partial charge in [0.05, 0.1) is 12.0 Å². The number of halogens is 2. The monoisotopic (exact) mass is 429 g/mol. The molecule has 0 radical (unpaired) electrons. The lowest BCUT2D eigenvalue weighted by molar-refractivity contribution is -0.385. The zero-order valence-corrected chi connectivity index (χ0v) is 17.1. The Balaban J connectivity index is 0.00000392. The van der Waals surface area contributed by atoms with Crippen LogP contribution >= 0.6 is 24.0 Å². The molecule has 0 saturated carbocycles. The van der Waals surface area contributed by atoms with Gasteiger partial charge >= 0.3 is 5.69 Å². The van der Waals surface area contributed by atoms with E-state index in [1.807, 2.05) is 14.0 Å². The Bertz CT molecular complexity index is 848. The molecule has 0 saturated heterocycles. The summed E-state index contributed by atoms with van der Waals surface area (Å²) in [5.74, 6) is 0.263. The number of nitro groups is 1. The summed E-state index contributed by atoms with van der Waals surface area (Å²) in [5, 5.41) is 17.2. The van der Waals surface area contributed by atoms with Gasteiger partial charge in [-0.1, -0.05) is 11.6 Å². The van der Waals surface area contributed by atoms with Gasteiger partial charge in [-0.05, 0) is 44.3 Å². The average Bonchev–Trinajstić information content (AvgIpc) is 2.67. The van der Waals surface area contributed by atoms with E-state index < -0.39 is 4.92 Å². The van der Waals surface area contributed by atoms with Crippen molar-refractivity contribution >= 4 is 35.6 Å². The van der Waals surface area contributed by atoms with E-state index >= 15 is 0 Å². The van der Waals surface area contributed by atoms with Gasteiger partial charge in [0.15, 0.2) is 11.5 Å². The Morgan fingerprint density at radius 3 is 2.50 bits per heavy atom. The van der Waals surface area contributed by atoms with Crippen molar-refractivity contribution in [2.75, 3.05) is 20.7 Å². The first kappa shape index (κ1) is 23.5. The number of likely N-dealkylation sites (N-methyl/N-ethyl adjacent to an activating group) is 1. The number of carbonyl (C=O) groups is 1. The summed E-state index contributed by atoms with van der Waals surface area (Å²) < 4.78 is 10.9. The molecule has 2 aromatic rings. The quantitative estimate of drug-likeness (QED) is 0.488. The molecule has 0 aliphatic carbocycles. The minimum Gasteiger partial charge on any atom is -0.493 e. The van der Waals surface area contributed by atoms with Crippen LogP contribution in [0.4, 0.5) is 5.69 Å². The predicted octanol–water partition coefficient (Wildman–Crippen LogP) is 3.81. The van der Waals surface area contributed by atoms with E-state index in [4.69, 9.17) is 21.1 Å². The van der Waals surface area contributed by atoms with Gasteiger partial charge in [-0.3, -0.25) is 14.9 Å². The molecule has 0 aliphatic heterocycles. The largest absolute Gasteiger partial charge is 0.493 e. The van der Waals surface area contributed by atoms with Crippen molar-refractivity contribution in [2.45, 2.75) is 13.0 Å². The lowest BCUT2D eigenvalue weighted by atomic mass is 10.2. The highest BCUT2D eigenvalue weighted by molar-refractivity contribution is 6.30. The van der Waals surface area contributed by atoms with E-state index in [1.54, 1.807) is 6.07 Å². The summed E-state index contributed by atoms with van der Waals surface area (Å²) >= 11 is 5.81. The minimum atomic E-state index is -0.585. The Kier molecular flexibility index (Phi) is 8.98. The first-order chi connectivity index (χ1) is 12.8. The number of nitro benzene ring substituents is 1. The second-order valence-electron chi connectivity index (χ2n) is 5.74. The third-order valence-corrected chi connectivity index (χ3v) is 4.06. The number of carbonyl (C=O) groups excluding carboxylic acids is 1. The molecule has 152 valence electrons. The van der Waals surface area contributed by atoms with E-state index in [1.165, 1.54) is 37.4 Å². The van der Waals surface area contributed by atoms with Crippen molar-refractivity contribution < 1.29 is 19.2 Å². The number of hydrogen-bond donors (Lipinski definition) is 2. The van der Waals surface area contributed by atoms with E-state index in [2.05, 4.69) is 10.6 Å². The maximum absolute atomic E-state index is 12.2. The standard InChI is InChI=1S/C18H20ClN3O5.ClH/c1-11(20-2)10-21-18(23)12-4-6-16(17(8-12)26-3)27-15-7-5-13(19)9-14(15)22(24)25;/h4-9,11,20H,10H2,1-3H3,(H,21,23);1H. The maximum atomic E-state index is 12.2. The first-order valence-electron chi connectivity index (χ1n) is 8.11. The number of methoxy groups -OCH3 is 1. The number of benzene rings is 2. The van der Waals surface area contributed by atoms with Crippen molar-refractivity contribution in [3.63, 3.8) is 0 Å². The second kappa shape index (κ2) is 10.7. The molecule has 2 N–H and O–H groups in total. The van der Waals surface area contributed by atoms with Crippen molar-refractivity contribution in [1.82, 2.24) is 10.6 Å². The van der Waals surface area contributed by atoms with Crippen LogP contribution in [0, 0.1) is 10.1 Å². The molecule has 0 aliphatic rings. The molecule has 28 heavy (non-hydrogen) atoms. The fraction of sp³-hybridized carbons (Fsp3) is 0.278. The summed E-state index contributed by atoms with van der Waals surface area (Å²) in [6.07, 6.45) is 0. The zero-order valence-electron chi connectivity index (χ0n) is 15.5. The van der Waals surface area contributed by atoms with Gasteiger partial charge in [-0.25, -0.2) is 0 Å². The summed E-state index contributed by atoms with van der Waals surface area (Å²) in [6, 6.07) is 8.81. The molecule has 10 heteroatoms. The molecule has 0 aromatic heterocycles. The fourth-order valence-electron chi connectivity index (χ4n) is 2.18. The fourth-order valence-corrected chi connectivity index (χ4v) is 2.35. The molecule has 1 amide bonds. The van der Waals surface area contributed by atoms with Gasteiger partial charge in [-0.15, -0.1) is 12.4 Å². The van der Waals surface area contributed by atoms with Crippen LogP contribution in [0.15, 0.2) is 36.4 Å². The van der Waals surface area contributed by atoms with Crippen LogP contribution in [0.2, 0.25) is 5.02 Å². The van der Waals surface area contributed by atoms with Crippen LogP contribution in [-0.4, -0.2) is 37.6 Å². The molecule has 0 spiro atoms. The lowest BCUT2D eigenvalue weighted by Crippen LogP contribution is -2.37. The number of rotatable bonds is 8. The van der Waals surface area contributed by atoms with Crippen molar-refractivity contribution in [3.05, 3.63) is 57.1 Å². The van der Waals surface area contributed by atoms with Gasteiger partial charge in [-0.2, -0.15) is 0 Å². The number of nitrogens with one attached hydrogen (secondary N) is 2. The topological polar surface area (TPSA) is 103 Å². The first-order valence-corrected chi connectivity index (χ1v) is 8.48. The number of nitrogens with zero attached hydrogens (tertiary/aromatic N) is 1. The number of hydrogen-bond acceptors (Lipinski definition) is 6. The molecule has 1 unspecified atom stereocenters. The Morgan fingerprint density at radius 1 is 1.21 bits per heavy atom. The zero-order chi connectivity index (χ0) is 20.0. The highest BCUT2D eigenvalue weighted by Crippen LogP contribution is 2.37. The average molecular weight is 430 g/mol. The van der Waals surface area contributed by atoms with E-state index in [0.29, 0.717) is 12.1 Å². The smallest absolute Gasteiger partial charge is 0.313 e. The Labute approximate surface area is 173 Å². The van der Waals surface area contributed by atoms with Crippen LogP contribution in [0.25, 0.3) is 0 Å². The molecule has 1 atom stereocenters. The minimum absolute atomic E-state index is 0. The third kappa shape index (κ3) is 5.98. The van der Waals surface area contributed by atoms with Gasteiger partial charge < -0.3 is 20.1 Å². The van der Waals surface area contributed by atoms with E-state index in [9.17, 15) is 14.9 Å². The highest BCUT2D eigenvalue weighted by atomic mass is 35.5. The molecular formula is C18H21Cl2N3O5. The highest BCUT2D eigenvalue weighted by Gasteiger charge is 2.19. The Hall–Kier alpha value is -2.55. The van der Waals surface area contributed by atoms with Crippen LogP contribution < -0.4 is 20.1 Å². The normalized spacial score (nSPS) is 11.1. The van der Waals surface area contributed by atoms with E-state index in [-0.39, 0.29) is 52.3 Å². The SMILES string of the molecule is CNC(C)CNC(=O)c1ccc(Oc2ccc(Cl)cc2[N+](=O)[O-])c(OC)c1.Cl. The second-order valence-corrected chi connectivity index (χ2v) is 6.17. The third-order valence-electron chi connectivity index (χ3n) is 3.83. The molecule has 2 aromatic carbocycles. The van der Waals surface area contributed by atoms with Crippen molar-refractivity contribution in [3.8, 4) is 17.2 Å². The van der Waals surface area contributed by atoms with Gasteiger partial charge in [0.2, 0.25) is 5.75 Å². The molecular weight excluding hydrogens is 409 g/mol. The molecule has 0 heterocycles. The van der Waals surface area contributed by atoms with Gasteiger partial charge in [0, 0.05) is 29.2 Å². The van der Waals surface area contributed by atoms with Crippen LogP contribution in [0.1, 0.15) is 17.3 Å². The molecule has 2 rings (SSSR count). The number of amides is 1. The predicted molar refractivity (Wildman–Crippen MR) is 109 cm³/mol. The van der Waals surface area contributed by atoms with Crippen LogP contribution in [-0.2, 0) is 0 Å². The summed E-state index contributed by atoms with van der Waals surface area (Å²) in [4.78, 5) is 22.9. The van der Waals surface area contributed by atoms with Crippen LogP contribution in [0.5, 0.6) is 17.2 Å². The molecule has 0 fully saturated rings. The molecule has 8 nitrogen and oxygen atoms in total. The van der Waals surface area contributed by atoms with Gasteiger partial charge in [0.1, 0.15) is 0 Å². The summed E-state index contributed by atoms with van der Waals surface area (Å²) in [5.41, 5.74) is 0.112. The summed E-state index contributed by atoms with van der Waals surface area (Å²) in [6.45, 7) is 2.41.